The van der Waals surface area contributed by atoms with Gasteiger partial charge >= 0.3 is 6.09 Å². The second kappa shape index (κ2) is 9.97. The van der Waals surface area contributed by atoms with Crippen LogP contribution in [-0.2, 0) is 6.42 Å². The van der Waals surface area contributed by atoms with Crippen LogP contribution in [0.25, 0.3) is 16.6 Å². The van der Waals surface area contributed by atoms with Gasteiger partial charge in [-0.25, -0.2) is 9.78 Å². The molecule has 1 unspecified atom stereocenters. The van der Waals surface area contributed by atoms with Gasteiger partial charge in [-0.05, 0) is 87.8 Å². The molecule has 2 aliphatic rings. The number of piperidine rings is 1. The van der Waals surface area contributed by atoms with Crippen LogP contribution >= 0.6 is 0 Å². The van der Waals surface area contributed by atoms with Crippen LogP contribution in [0.3, 0.4) is 0 Å². The van der Waals surface area contributed by atoms with Gasteiger partial charge in [-0.2, -0.15) is 0 Å². The first-order valence-corrected chi connectivity index (χ1v) is 12.4. The van der Waals surface area contributed by atoms with E-state index in [9.17, 15) is 14.7 Å². The summed E-state index contributed by atoms with van der Waals surface area (Å²) in [6.45, 7) is 3.38. The Morgan fingerprint density at radius 1 is 1.06 bits per heavy atom. The molecule has 0 bridgehead atoms. The van der Waals surface area contributed by atoms with Crippen molar-refractivity contribution < 1.29 is 9.90 Å². The molecule has 0 spiro atoms. The summed E-state index contributed by atoms with van der Waals surface area (Å²) in [7, 11) is 0. The zero-order valence-corrected chi connectivity index (χ0v) is 19.4. The lowest BCUT2D eigenvalue weighted by molar-refractivity contribution is 0.187. The molecule has 1 amide bonds. The number of benzene rings is 2. The fourth-order valence-corrected chi connectivity index (χ4v) is 5.19. The molecule has 7 nitrogen and oxygen atoms in total. The van der Waals surface area contributed by atoms with Crippen molar-refractivity contribution in [2.45, 2.75) is 51.0 Å². The fraction of sp³-hybridized carbons (Fsp3) is 0.444. The van der Waals surface area contributed by atoms with Gasteiger partial charge in [-0.15, -0.1) is 0 Å². The van der Waals surface area contributed by atoms with E-state index in [0.717, 1.165) is 37.8 Å². The molecular formula is C27H32N4O3. The summed E-state index contributed by atoms with van der Waals surface area (Å²) in [5, 5.41) is 12.8. The van der Waals surface area contributed by atoms with Gasteiger partial charge < -0.3 is 15.3 Å². The Bertz CT molecular complexity index is 1210. The quantitative estimate of drug-likeness (QED) is 0.516. The van der Waals surface area contributed by atoms with Crippen molar-refractivity contribution in [2.75, 3.05) is 19.6 Å². The molecule has 3 aromatic rings. The molecule has 2 fully saturated rings. The van der Waals surface area contributed by atoms with Crippen LogP contribution < -0.4 is 10.9 Å². The average molecular weight is 461 g/mol. The van der Waals surface area contributed by atoms with Crippen molar-refractivity contribution in [2.24, 2.45) is 5.92 Å². The first-order valence-electron chi connectivity index (χ1n) is 12.4. The van der Waals surface area contributed by atoms with Crippen molar-refractivity contribution in [3.8, 4) is 5.69 Å². The van der Waals surface area contributed by atoms with Crippen LogP contribution in [0.5, 0.6) is 0 Å². The van der Waals surface area contributed by atoms with Crippen LogP contribution in [0, 0.1) is 5.92 Å². The summed E-state index contributed by atoms with van der Waals surface area (Å²) >= 11 is 0. The van der Waals surface area contributed by atoms with E-state index in [-0.39, 0.29) is 11.5 Å². The van der Waals surface area contributed by atoms with E-state index in [4.69, 9.17) is 4.98 Å². The summed E-state index contributed by atoms with van der Waals surface area (Å²) in [6, 6.07) is 14.8. The highest BCUT2D eigenvalue weighted by Gasteiger charge is 2.37. The molecule has 178 valence electrons. The number of aromatic nitrogens is 2. The Hall–Kier alpha value is -3.19. The summed E-state index contributed by atoms with van der Waals surface area (Å²) in [4.78, 5) is 33.0. The fourth-order valence-electron chi connectivity index (χ4n) is 5.19. The lowest BCUT2D eigenvalue weighted by Gasteiger charge is -2.26. The minimum atomic E-state index is -1.10. The van der Waals surface area contributed by atoms with Crippen molar-refractivity contribution in [1.29, 1.82) is 0 Å². The second-order valence-electron chi connectivity index (χ2n) is 9.53. The van der Waals surface area contributed by atoms with Crippen LogP contribution in [0.4, 0.5) is 4.79 Å². The van der Waals surface area contributed by atoms with E-state index in [1.165, 1.54) is 32.4 Å². The minimum Gasteiger partial charge on any atom is -0.465 e. The number of hydrogen-bond donors (Lipinski definition) is 2. The van der Waals surface area contributed by atoms with E-state index >= 15 is 0 Å². The molecule has 0 radical (unpaired) electrons. The number of carbonyl (C=O) groups is 1. The van der Waals surface area contributed by atoms with E-state index in [1.807, 2.05) is 48.5 Å². The molecule has 5 rings (SSSR count). The molecule has 7 heteroatoms. The molecule has 1 aromatic heterocycles. The Morgan fingerprint density at radius 2 is 1.82 bits per heavy atom. The molecule has 1 saturated heterocycles. The number of para-hydroxylation sites is 1. The molecule has 1 aliphatic heterocycles. The minimum absolute atomic E-state index is 0.127. The van der Waals surface area contributed by atoms with Gasteiger partial charge in [0.1, 0.15) is 5.82 Å². The molecular weight excluding hydrogens is 428 g/mol. The maximum atomic E-state index is 14.0. The van der Waals surface area contributed by atoms with Gasteiger partial charge in [-0.1, -0.05) is 36.8 Å². The normalized spacial score (nSPS) is 17.5. The summed E-state index contributed by atoms with van der Waals surface area (Å²) in [6.07, 6.45) is 6.43. The molecule has 1 atom stereocenters. The number of nitrogens with zero attached hydrogens (tertiary/aromatic N) is 3. The summed E-state index contributed by atoms with van der Waals surface area (Å²) in [5.41, 5.74) is 2.23. The van der Waals surface area contributed by atoms with Gasteiger partial charge in [0.05, 0.1) is 22.6 Å². The standard InChI is InChI=1S/C27H32N4O3/c32-26-23-19(10-8-18-30-16-5-2-6-17-30)9-7-13-22(23)28-25(24(20-14-15-20)29-27(33)34)31(26)21-11-3-1-4-12-21/h1,3-4,7,9,11-13,20,24,29H,2,5-6,8,10,14-18H2,(H,33,34). The maximum Gasteiger partial charge on any atom is 0.405 e. The smallest absolute Gasteiger partial charge is 0.405 e. The lowest BCUT2D eigenvalue weighted by Crippen LogP contribution is -2.35. The number of nitrogens with one attached hydrogen (secondary N) is 1. The van der Waals surface area contributed by atoms with E-state index in [1.54, 1.807) is 4.57 Å². The molecule has 1 saturated carbocycles. The molecule has 2 heterocycles. The van der Waals surface area contributed by atoms with Gasteiger partial charge in [-0.3, -0.25) is 9.36 Å². The number of rotatable bonds is 8. The maximum absolute atomic E-state index is 14.0. The van der Waals surface area contributed by atoms with Crippen molar-refractivity contribution >= 4 is 17.0 Å². The number of carboxylic acid groups (broad SMARTS) is 1. The van der Waals surface area contributed by atoms with Crippen LogP contribution in [0.2, 0.25) is 0 Å². The predicted octanol–water partition coefficient (Wildman–Crippen LogP) is 4.52. The van der Waals surface area contributed by atoms with E-state index in [0.29, 0.717) is 22.4 Å². The Balaban J connectivity index is 1.56. The summed E-state index contributed by atoms with van der Waals surface area (Å²) in [5.74, 6) is 0.627. The third-order valence-electron chi connectivity index (χ3n) is 7.04. The number of hydrogen-bond acceptors (Lipinski definition) is 4. The second-order valence-corrected chi connectivity index (χ2v) is 9.53. The predicted molar refractivity (Wildman–Crippen MR) is 133 cm³/mol. The van der Waals surface area contributed by atoms with Gasteiger partial charge in [0.15, 0.2) is 0 Å². The highest BCUT2D eigenvalue weighted by Crippen LogP contribution is 2.41. The Kier molecular flexibility index (Phi) is 6.63. The van der Waals surface area contributed by atoms with Crippen LogP contribution in [-0.4, -0.2) is 45.3 Å². The van der Waals surface area contributed by atoms with E-state index in [2.05, 4.69) is 10.2 Å². The summed E-state index contributed by atoms with van der Waals surface area (Å²) < 4.78 is 1.62. The molecule has 2 aromatic carbocycles. The zero-order valence-electron chi connectivity index (χ0n) is 19.4. The van der Waals surface area contributed by atoms with Crippen molar-refractivity contribution in [3.63, 3.8) is 0 Å². The first-order chi connectivity index (χ1) is 16.6. The topological polar surface area (TPSA) is 87.5 Å². The van der Waals surface area contributed by atoms with Gasteiger partial charge in [0.2, 0.25) is 0 Å². The number of aryl methyl sites for hydroxylation is 1. The molecule has 1 aliphatic carbocycles. The number of fused-ring (bicyclic) bond motifs is 1. The van der Waals surface area contributed by atoms with Crippen molar-refractivity contribution in [3.05, 3.63) is 70.3 Å². The van der Waals surface area contributed by atoms with Crippen LogP contribution in [0.1, 0.15) is 56.0 Å². The number of likely N-dealkylation sites (tertiary alicyclic amines) is 1. The van der Waals surface area contributed by atoms with Gasteiger partial charge in [0, 0.05) is 0 Å². The first kappa shape index (κ1) is 22.6. The van der Waals surface area contributed by atoms with Crippen LogP contribution in [0.15, 0.2) is 53.3 Å². The number of amides is 1. The third-order valence-corrected chi connectivity index (χ3v) is 7.04. The average Bonchev–Trinajstić information content (AvgIpc) is 3.69. The molecule has 2 N–H and O–H groups in total. The third kappa shape index (κ3) is 4.85. The monoisotopic (exact) mass is 460 g/mol. The highest BCUT2D eigenvalue weighted by molar-refractivity contribution is 5.82. The molecule has 34 heavy (non-hydrogen) atoms. The Morgan fingerprint density at radius 3 is 2.53 bits per heavy atom. The SMILES string of the molecule is O=C(O)NC(c1nc2cccc(CCCN3CCCCC3)c2c(=O)n1-c1ccccc1)C1CC1. The zero-order chi connectivity index (χ0) is 23.5. The van der Waals surface area contributed by atoms with Crippen molar-refractivity contribution in [1.82, 2.24) is 19.8 Å². The lowest BCUT2D eigenvalue weighted by atomic mass is 10.0. The largest absolute Gasteiger partial charge is 0.465 e. The highest BCUT2D eigenvalue weighted by atomic mass is 16.4. The van der Waals surface area contributed by atoms with Gasteiger partial charge in [0.25, 0.3) is 5.56 Å². The van der Waals surface area contributed by atoms with E-state index < -0.39 is 12.1 Å². The Labute approximate surface area is 199 Å².